The Morgan fingerprint density at radius 1 is 0.762 bits per heavy atom. The molecule has 0 aliphatic heterocycles. The monoisotopic (exact) mass is 304 g/mol. The summed E-state index contributed by atoms with van der Waals surface area (Å²) in [4.78, 5) is 42.7. The van der Waals surface area contributed by atoms with Gasteiger partial charge in [-0.1, -0.05) is 27.7 Å². The largest absolute Gasteiger partial charge is 0.344 e. The van der Waals surface area contributed by atoms with Crippen molar-refractivity contribution < 1.29 is 29.1 Å². The third-order valence-electron chi connectivity index (χ3n) is 2.49. The molecule has 0 bridgehead atoms. The van der Waals surface area contributed by atoms with E-state index in [9.17, 15) is 9.59 Å². The summed E-state index contributed by atoms with van der Waals surface area (Å²) in [6, 6.07) is 0. The highest BCUT2D eigenvalue weighted by atomic mass is 17.2. The molecule has 0 N–H and O–H groups in total. The summed E-state index contributed by atoms with van der Waals surface area (Å²) in [5.41, 5.74) is -1.56. The van der Waals surface area contributed by atoms with Crippen LogP contribution in [-0.4, -0.2) is 23.1 Å². The molecule has 0 heterocycles. The van der Waals surface area contributed by atoms with Crippen LogP contribution >= 0.6 is 0 Å². The van der Waals surface area contributed by atoms with Crippen LogP contribution in [0.15, 0.2) is 0 Å². The van der Waals surface area contributed by atoms with Crippen LogP contribution in [-0.2, 0) is 29.1 Å². The van der Waals surface area contributed by atoms with Gasteiger partial charge in [0.1, 0.15) is 11.2 Å². The fourth-order valence-corrected chi connectivity index (χ4v) is 1.58. The van der Waals surface area contributed by atoms with Gasteiger partial charge in [-0.05, 0) is 27.7 Å². The molecule has 0 aliphatic carbocycles. The van der Waals surface area contributed by atoms with Crippen molar-refractivity contribution in [3.63, 3.8) is 0 Å². The lowest BCUT2D eigenvalue weighted by molar-refractivity contribution is -0.362. The molecule has 6 heteroatoms. The lowest BCUT2D eigenvalue weighted by Gasteiger charge is -2.31. The van der Waals surface area contributed by atoms with Crippen LogP contribution in [0.2, 0.25) is 0 Å². The Morgan fingerprint density at radius 3 is 1.29 bits per heavy atom. The second kappa shape index (κ2) is 7.75. The Morgan fingerprint density at radius 2 is 1.05 bits per heavy atom. The van der Waals surface area contributed by atoms with E-state index in [0.717, 1.165) is 0 Å². The normalized spacial score (nSPS) is 12.7. The Balaban J connectivity index is 4.40. The van der Waals surface area contributed by atoms with Gasteiger partial charge in [0.25, 0.3) is 0 Å². The van der Waals surface area contributed by atoms with Gasteiger partial charge in [-0.2, -0.15) is 9.78 Å². The van der Waals surface area contributed by atoms with E-state index in [0.29, 0.717) is 6.42 Å². The minimum absolute atomic E-state index is 0.267. The van der Waals surface area contributed by atoms with E-state index in [2.05, 4.69) is 0 Å². The van der Waals surface area contributed by atoms with Crippen molar-refractivity contribution in [2.24, 2.45) is 11.8 Å². The molecule has 0 atom stereocenters. The first-order valence-electron chi connectivity index (χ1n) is 7.15. The van der Waals surface area contributed by atoms with Crippen molar-refractivity contribution in [1.29, 1.82) is 0 Å². The molecule has 0 aromatic carbocycles. The highest BCUT2D eigenvalue weighted by Crippen LogP contribution is 2.27. The smallest absolute Gasteiger partial charge is 0.298 e. The molecule has 0 aliphatic rings. The third kappa shape index (κ3) is 8.67. The molecule has 21 heavy (non-hydrogen) atoms. The van der Waals surface area contributed by atoms with Crippen LogP contribution in [0.4, 0.5) is 0 Å². The van der Waals surface area contributed by atoms with Crippen molar-refractivity contribution in [2.45, 2.75) is 73.0 Å². The van der Waals surface area contributed by atoms with Crippen molar-refractivity contribution in [2.75, 3.05) is 0 Å². The molecule has 0 spiro atoms. The molecule has 0 aromatic rings. The van der Waals surface area contributed by atoms with Crippen LogP contribution in [0.25, 0.3) is 0 Å². The number of carbonyl (C=O) groups excluding carboxylic acids is 2. The Kier molecular flexibility index (Phi) is 7.33. The molecule has 0 saturated heterocycles. The molecule has 6 nitrogen and oxygen atoms in total. The van der Waals surface area contributed by atoms with Crippen LogP contribution < -0.4 is 0 Å². The van der Waals surface area contributed by atoms with E-state index in [1.807, 2.05) is 0 Å². The zero-order chi connectivity index (χ0) is 16.8. The summed E-state index contributed by atoms with van der Waals surface area (Å²) >= 11 is 0. The molecule has 0 amide bonds. The lowest BCUT2D eigenvalue weighted by Crippen LogP contribution is -2.39. The van der Waals surface area contributed by atoms with Gasteiger partial charge < -0.3 is 0 Å². The summed E-state index contributed by atoms with van der Waals surface area (Å²) in [6.45, 7) is 13.9. The average Bonchev–Trinajstić information content (AvgIpc) is 2.31. The summed E-state index contributed by atoms with van der Waals surface area (Å²) in [7, 11) is 0. The summed E-state index contributed by atoms with van der Waals surface area (Å²) in [5.74, 6) is -1.41. The zero-order valence-electron chi connectivity index (χ0n) is 14.3. The van der Waals surface area contributed by atoms with Crippen molar-refractivity contribution >= 4 is 11.9 Å². The van der Waals surface area contributed by atoms with Crippen LogP contribution in [0.5, 0.6) is 0 Å². The third-order valence-corrected chi connectivity index (χ3v) is 2.49. The molecule has 0 saturated carbocycles. The highest BCUT2D eigenvalue weighted by molar-refractivity contribution is 5.71. The van der Waals surface area contributed by atoms with Crippen molar-refractivity contribution in [1.82, 2.24) is 0 Å². The van der Waals surface area contributed by atoms with Crippen LogP contribution in [0.1, 0.15) is 61.8 Å². The first kappa shape index (κ1) is 19.9. The first-order valence-corrected chi connectivity index (χ1v) is 7.15. The Hall–Kier alpha value is -1.14. The topological polar surface area (TPSA) is 71.1 Å². The van der Waals surface area contributed by atoms with Gasteiger partial charge in [-0.25, -0.2) is 9.59 Å². The highest BCUT2D eigenvalue weighted by Gasteiger charge is 2.35. The van der Waals surface area contributed by atoms with Gasteiger partial charge >= 0.3 is 11.9 Å². The fraction of sp³-hybridized carbons (Fsp3) is 0.867. The second-order valence-electron chi connectivity index (χ2n) is 6.98. The predicted octanol–water partition coefficient (Wildman–Crippen LogP) is 3.20. The average molecular weight is 304 g/mol. The number of hydrogen-bond acceptors (Lipinski definition) is 6. The second-order valence-corrected chi connectivity index (χ2v) is 6.98. The first-order chi connectivity index (χ1) is 9.36. The van der Waals surface area contributed by atoms with E-state index in [-0.39, 0.29) is 11.8 Å². The summed E-state index contributed by atoms with van der Waals surface area (Å²) < 4.78 is 0. The molecule has 0 unspecified atom stereocenters. The zero-order valence-corrected chi connectivity index (χ0v) is 14.3. The number of rotatable bonds is 8. The standard InChI is InChI=1S/C15H28O6/c1-10(2)12(16)18-20-14(5,6)9-15(7,8)21-19-13(17)11(3)4/h10-11H,9H2,1-8H3. The van der Waals surface area contributed by atoms with E-state index in [4.69, 9.17) is 19.6 Å². The van der Waals surface area contributed by atoms with Gasteiger partial charge in [-0.15, -0.1) is 0 Å². The maximum Gasteiger partial charge on any atom is 0.344 e. The minimum atomic E-state index is -0.779. The summed E-state index contributed by atoms with van der Waals surface area (Å²) in [6.07, 6.45) is 0.358. The molecule has 124 valence electrons. The van der Waals surface area contributed by atoms with E-state index >= 15 is 0 Å². The molecule has 0 rings (SSSR count). The SMILES string of the molecule is CC(C)C(=O)OOC(C)(C)CC(C)(C)OOC(=O)C(C)C. The van der Waals surface area contributed by atoms with Gasteiger partial charge in [0.15, 0.2) is 0 Å². The van der Waals surface area contributed by atoms with E-state index in [1.165, 1.54) is 0 Å². The Labute approximate surface area is 126 Å². The number of hydrogen-bond donors (Lipinski definition) is 0. The fourth-order valence-electron chi connectivity index (χ4n) is 1.58. The van der Waals surface area contributed by atoms with Crippen molar-refractivity contribution in [3.05, 3.63) is 0 Å². The lowest BCUT2D eigenvalue weighted by atomic mass is 9.93. The number of carbonyl (C=O) groups is 2. The van der Waals surface area contributed by atoms with E-state index < -0.39 is 23.1 Å². The Bertz CT molecular complexity index is 323. The maximum atomic E-state index is 11.4. The molecule has 0 aromatic heterocycles. The van der Waals surface area contributed by atoms with Crippen LogP contribution in [0.3, 0.4) is 0 Å². The molecular weight excluding hydrogens is 276 g/mol. The van der Waals surface area contributed by atoms with Crippen LogP contribution in [0, 0.1) is 11.8 Å². The molecular formula is C15H28O6. The quantitative estimate of drug-likeness (QED) is 0.506. The van der Waals surface area contributed by atoms with E-state index in [1.54, 1.807) is 55.4 Å². The predicted molar refractivity (Wildman–Crippen MR) is 76.8 cm³/mol. The molecule has 0 radical (unpaired) electrons. The van der Waals surface area contributed by atoms with Gasteiger partial charge in [0, 0.05) is 6.42 Å². The van der Waals surface area contributed by atoms with Gasteiger partial charge in [0.05, 0.1) is 11.8 Å². The minimum Gasteiger partial charge on any atom is -0.298 e. The summed E-state index contributed by atoms with van der Waals surface area (Å²) in [5, 5.41) is 0. The van der Waals surface area contributed by atoms with Crippen molar-refractivity contribution in [3.8, 4) is 0 Å². The maximum absolute atomic E-state index is 11.4. The molecule has 0 fully saturated rings. The van der Waals surface area contributed by atoms with Gasteiger partial charge in [-0.3, -0.25) is 9.78 Å². The van der Waals surface area contributed by atoms with Gasteiger partial charge in [0.2, 0.25) is 0 Å².